The zero-order valence-corrected chi connectivity index (χ0v) is 14.4. The number of rotatable bonds is 8. The van der Waals surface area contributed by atoms with Gasteiger partial charge in [-0.25, -0.2) is 0 Å². The molecule has 2 aromatic rings. The molecule has 5 heteroatoms. The molecule has 0 fully saturated rings. The molecule has 0 N–H and O–H groups in total. The van der Waals surface area contributed by atoms with E-state index in [2.05, 4.69) is 0 Å². The van der Waals surface area contributed by atoms with E-state index < -0.39 is 24.1 Å². The zero-order chi connectivity index (χ0) is 18.1. The Morgan fingerprint density at radius 2 is 1.40 bits per heavy atom. The Balaban J connectivity index is 2.11. The van der Waals surface area contributed by atoms with E-state index >= 15 is 0 Å². The summed E-state index contributed by atoms with van der Waals surface area (Å²) < 4.78 is 16.5. The molecule has 0 saturated carbocycles. The van der Waals surface area contributed by atoms with Crippen molar-refractivity contribution >= 4 is 11.9 Å². The molecule has 132 valence electrons. The van der Waals surface area contributed by atoms with Crippen LogP contribution < -0.4 is 0 Å². The number of benzene rings is 2. The largest absolute Gasteiger partial charge is 0.456 e. The van der Waals surface area contributed by atoms with E-state index in [1.54, 1.807) is 0 Å². The molecule has 0 aliphatic carbocycles. The molecule has 0 heterocycles. The first-order valence-electron chi connectivity index (χ1n) is 8.07. The Labute approximate surface area is 147 Å². The van der Waals surface area contributed by atoms with Crippen LogP contribution in [0.25, 0.3) is 0 Å². The summed E-state index contributed by atoms with van der Waals surface area (Å²) in [5, 5.41) is 0. The minimum Gasteiger partial charge on any atom is -0.456 e. The van der Waals surface area contributed by atoms with Crippen molar-refractivity contribution in [2.45, 2.75) is 32.7 Å². The van der Waals surface area contributed by atoms with Crippen LogP contribution in [0.2, 0.25) is 0 Å². The summed E-state index contributed by atoms with van der Waals surface area (Å²) in [5.74, 6) is -0.907. The normalized spacial score (nSPS) is 12.9. The van der Waals surface area contributed by atoms with Gasteiger partial charge in [-0.05, 0) is 11.1 Å². The van der Waals surface area contributed by atoms with Crippen LogP contribution in [-0.4, -0.2) is 24.6 Å². The van der Waals surface area contributed by atoms with Gasteiger partial charge in [-0.1, -0.05) is 60.7 Å². The van der Waals surface area contributed by atoms with Crippen molar-refractivity contribution in [3.05, 3.63) is 71.8 Å². The van der Waals surface area contributed by atoms with Crippen molar-refractivity contribution < 1.29 is 23.8 Å². The van der Waals surface area contributed by atoms with Crippen LogP contribution in [0.3, 0.4) is 0 Å². The fraction of sp³-hybridized carbons (Fsp3) is 0.300. The fourth-order valence-corrected chi connectivity index (χ4v) is 2.44. The molecule has 0 aliphatic heterocycles. The van der Waals surface area contributed by atoms with Gasteiger partial charge in [0.1, 0.15) is 0 Å². The van der Waals surface area contributed by atoms with Crippen LogP contribution in [0.4, 0.5) is 0 Å². The van der Waals surface area contributed by atoms with Gasteiger partial charge in [0, 0.05) is 13.8 Å². The third kappa shape index (κ3) is 6.39. The molecule has 0 saturated heterocycles. The SMILES string of the molecule is CC(=O)O[C@H](c1ccccc1)[C@@H](COCc1ccccc1)OC(C)=O. The number of ether oxygens (including phenoxy) is 3. The van der Waals surface area contributed by atoms with Crippen molar-refractivity contribution in [2.24, 2.45) is 0 Å². The van der Waals surface area contributed by atoms with Gasteiger partial charge in [0.15, 0.2) is 12.2 Å². The van der Waals surface area contributed by atoms with Crippen LogP contribution in [-0.2, 0) is 30.4 Å². The van der Waals surface area contributed by atoms with Gasteiger partial charge < -0.3 is 14.2 Å². The van der Waals surface area contributed by atoms with Crippen molar-refractivity contribution in [2.75, 3.05) is 6.61 Å². The molecule has 0 unspecified atom stereocenters. The molecule has 2 aromatic carbocycles. The summed E-state index contributed by atoms with van der Waals surface area (Å²) in [4.78, 5) is 23.0. The van der Waals surface area contributed by atoms with E-state index in [1.807, 2.05) is 60.7 Å². The molecule has 25 heavy (non-hydrogen) atoms. The van der Waals surface area contributed by atoms with Gasteiger partial charge in [0.25, 0.3) is 0 Å². The summed E-state index contributed by atoms with van der Waals surface area (Å²) in [7, 11) is 0. The first-order valence-corrected chi connectivity index (χ1v) is 8.07. The molecule has 0 bridgehead atoms. The Kier molecular flexibility index (Phi) is 7.16. The zero-order valence-electron chi connectivity index (χ0n) is 14.4. The van der Waals surface area contributed by atoms with Gasteiger partial charge >= 0.3 is 11.9 Å². The van der Waals surface area contributed by atoms with E-state index in [9.17, 15) is 9.59 Å². The van der Waals surface area contributed by atoms with Crippen LogP contribution in [0.1, 0.15) is 31.1 Å². The summed E-state index contributed by atoms with van der Waals surface area (Å²) >= 11 is 0. The molecule has 0 aromatic heterocycles. The highest BCUT2D eigenvalue weighted by Crippen LogP contribution is 2.24. The van der Waals surface area contributed by atoms with Gasteiger partial charge in [0.2, 0.25) is 0 Å². The maximum absolute atomic E-state index is 11.5. The Bertz CT molecular complexity index is 669. The minimum atomic E-state index is -0.729. The second kappa shape index (κ2) is 9.59. The van der Waals surface area contributed by atoms with Crippen LogP contribution in [0.5, 0.6) is 0 Å². The number of carbonyl (C=O) groups excluding carboxylic acids is 2. The van der Waals surface area contributed by atoms with Crippen LogP contribution >= 0.6 is 0 Å². The summed E-state index contributed by atoms with van der Waals surface area (Å²) in [6.45, 7) is 3.13. The second-order valence-corrected chi connectivity index (χ2v) is 5.59. The maximum Gasteiger partial charge on any atom is 0.303 e. The van der Waals surface area contributed by atoms with E-state index in [1.165, 1.54) is 13.8 Å². The molecule has 5 nitrogen and oxygen atoms in total. The van der Waals surface area contributed by atoms with Gasteiger partial charge in [0.05, 0.1) is 13.2 Å². The quantitative estimate of drug-likeness (QED) is 0.688. The van der Waals surface area contributed by atoms with Gasteiger partial charge in [-0.15, -0.1) is 0 Å². The summed E-state index contributed by atoms with van der Waals surface area (Å²) in [5.41, 5.74) is 1.75. The Hall–Kier alpha value is -2.66. The summed E-state index contributed by atoms with van der Waals surface area (Å²) in [6, 6.07) is 18.8. The highest BCUT2D eigenvalue weighted by atomic mass is 16.6. The average Bonchev–Trinajstić information content (AvgIpc) is 2.60. The fourth-order valence-electron chi connectivity index (χ4n) is 2.44. The third-order valence-corrected chi connectivity index (χ3v) is 3.47. The molecular formula is C20H22O5. The first-order chi connectivity index (χ1) is 12.1. The van der Waals surface area contributed by atoms with E-state index in [-0.39, 0.29) is 6.61 Å². The average molecular weight is 342 g/mol. The lowest BCUT2D eigenvalue weighted by Crippen LogP contribution is -2.32. The highest BCUT2D eigenvalue weighted by molar-refractivity contribution is 5.67. The summed E-state index contributed by atoms with van der Waals surface area (Å²) in [6.07, 6.45) is -1.45. The lowest BCUT2D eigenvalue weighted by atomic mass is 10.0. The first kappa shape index (κ1) is 18.7. The number of hydrogen-bond donors (Lipinski definition) is 0. The number of esters is 2. The van der Waals surface area contributed by atoms with Crippen molar-refractivity contribution in [3.63, 3.8) is 0 Å². The van der Waals surface area contributed by atoms with E-state index in [0.717, 1.165) is 11.1 Å². The predicted octanol–water partition coefficient (Wildman–Crippen LogP) is 3.44. The monoisotopic (exact) mass is 342 g/mol. The molecule has 2 rings (SSSR count). The van der Waals surface area contributed by atoms with Crippen LogP contribution in [0, 0.1) is 0 Å². The lowest BCUT2D eigenvalue weighted by Gasteiger charge is -2.26. The number of hydrogen-bond acceptors (Lipinski definition) is 5. The lowest BCUT2D eigenvalue weighted by molar-refractivity contribution is -0.171. The van der Waals surface area contributed by atoms with Crippen molar-refractivity contribution in [3.8, 4) is 0 Å². The van der Waals surface area contributed by atoms with E-state index in [4.69, 9.17) is 14.2 Å². The molecule has 0 amide bonds. The molecule has 2 atom stereocenters. The highest BCUT2D eigenvalue weighted by Gasteiger charge is 2.29. The predicted molar refractivity (Wildman–Crippen MR) is 92.6 cm³/mol. The second-order valence-electron chi connectivity index (χ2n) is 5.59. The minimum absolute atomic E-state index is 0.112. The third-order valence-electron chi connectivity index (χ3n) is 3.47. The Morgan fingerprint density at radius 3 is 1.96 bits per heavy atom. The van der Waals surface area contributed by atoms with Crippen LogP contribution in [0.15, 0.2) is 60.7 Å². The van der Waals surface area contributed by atoms with Crippen molar-refractivity contribution in [1.29, 1.82) is 0 Å². The Morgan fingerprint density at radius 1 is 0.840 bits per heavy atom. The molecule has 0 aliphatic rings. The van der Waals surface area contributed by atoms with E-state index in [0.29, 0.717) is 6.61 Å². The molecule has 0 spiro atoms. The topological polar surface area (TPSA) is 61.8 Å². The molecular weight excluding hydrogens is 320 g/mol. The molecule has 0 radical (unpaired) electrons. The number of carbonyl (C=O) groups is 2. The smallest absolute Gasteiger partial charge is 0.303 e. The van der Waals surface area contributed by atoms with Gasteiger partial charge in [-0.3, -0.25) is 9.59 Å². The van der Waals surface area contributed by atoms with Gasteiger partial charge in [-0.2, -0.15) is 0 Å². The van der Waals surface area contributed by atoms with Crippen molar-refractivity contribution in [1.82, 2.24) is 0 Å². The maximum atomic E-state index is 11.5. The standard InChI is InChI=1S/C20H22O5/c1-15(21)24-19(14-23-13-17-9-5-3-6-10-17)20(25-16(2)22)18-11-7-4-8-12-18/h3-12,19-20H,13-14H2,1-2H3/t19-,20-/m1/s1.